The number of nitrogens with one attached hydrogen (secondary N) is 2. The van der Waals surface area contributed by atoms with Crippen LogP contribution in [-0.2, 0) is 0 Å². The Bertz CT molecular complexity index is 455. The Balaban J connectivity index is 0.000000352. The molecule has 0 fully saturated rings. The molecule has 0 spiro atoms. The molecule has 2 aromatic rings. The Morgan fingerprint density at radius 2 is 1.74 bits per heavy atom. The Hall–Kier alpha value is -2.21. The van der Waals surface area contributed by atoms with E-state index >= 15 is 0 Å². The third-order valence-electron chi connectivity index (χ3n) is 2.08. The van der Waals surface area contributed by atoms with E-state index in [1.54, 1.807) is 25.4 Å². The summed E-state index contributed by atoms with van der Waals surface area (Å²) in [7, 11) is 3.65. The summed E-state index contributed by atoms with van der Waals surface area (Å²) < 4.78 is 0. The van der Waals surface area contributed by atoms with Crippen LogP contribution < -0.4 is 22.1 Å². The smallest absolute Gasteiger partial charge is 0.130 e. The number of rotatable bonds is 2. The fraction of sp³-hybridized carbons (Fsp3) is 0.167. The molecule has 7 heteroatoms. The minimum atomic E-state index is 0. The quantitative estimate of drug-likeness (QED) is 0.670. The molecule has 0 radical (unpaired) electrons. The normalized spacial score (nSPS) is 8.53. The molecule has 0 unspecified atom stereocenters. The Morgan fingerprint density at radius 3 is 2.16 bits per heavy atom. The molecule has 2 aromatic heterocycles. The van der Waals surface area contributed by atoms with Crippen molar-refractivity contribution in [1.29, 1.82) is 0 Å². The van der Waals surface area contributed by atoms with Crippen LogP contribution in [0.2, 0.25) is 0 Å². The number of halogens is 1. The first-order valence-corrected chi connectivity index (χ1v) is 5.45. The number of hydrogen-bond acceptors (Lipinski definition) is 6. The summed E-state index contributed by atoms with van der Waals surface area (Å²) in [5.74, 6) is 1.86. The van der Waals surface area contributed by atoms with Gasteiger partial charge in [-0.05, 0) is 12.1 Å². The number of pyridine rings is 2. The second kappa shape index (κ2) is 8.82. The lowest BCUT2D eigenvalue weighted by molar-refractivity contribution is 1.29. The van der Waals surface area contributed by atoms with Crippen LogP contribution in [0.15, 0.2) is 36.5 Å². The lowest BCUT2D eigenvalue weighted by Crippen LogP contribution is -1.99. The molecular formula is C12H19ClN6. The predicted molar refractivity (Wildman–Crippen MR) is 83.6 cm³/mol. The van der Waals surface area contributed by atoms with Crippen molar-refractivity contribution in [2.45, 2.75) is 0 Å². The maximum atomic E-state index is 5.52. The average Bonchev–Trinajstić information content (AvgIpc) is 2.39. The van der Waals surface area contributed by atoms with Gasteiger partial charge in [0.05, 0.1) is 0 Å². The fourth-order valence-electron chi connectivity index (χ4n) is 1.20. The van der Waals surface area contributed by atoms with E-state index in [4.69, 9.17) is 11.5 Å². The molecule has 0 bridgehead atoms. The third kappa shape index (κ3) is 6.32. The number of nitrogens with zero attached hydrogens (tertiary/aromatic N) is 2. The van der Waals surface area contributed by atoms with Gasteiger partial charge >= 0.3 is 0 Å². The molecule has 0 aliphatic carbocycles. The zero-order valence-corrected chi connectivity index (χ0v) is 11.7. The second-order valence-electron chi connectivity index (χ2n) is 3.42. The summed E-state index contributed by atoms with van der Waals surface area (Å²) in [6.45, 7) is 0. The van der Waals surface area contributed by atoms with Crippen molar-refractivity contribution in [3.8, 4) is 0 Å². The molecule has 104 valence electrons. The highest BCUT2D eigenvalue weighted by Gasteiger charge is 1.95. The molecular weight excluding hydrogens is 264 g/mol. The lowest BCUT2D eigenvalue weighted by Gasteiger charge is -2.04. The van der Waals surface area contributed by atoms with Gasteiger partial charge in [0, 0.05) is 38.1 Å². The lowest BCUT2D eigenvalue weighted by atomic mass is 10.3. The molecule has 2 rings (SSSR count). The van der Waals surface area contributed by atoms with Crippen molar-refractivity contribution in [2.75, 3.05) is 36.2 Å². The van der Waals surface area contributed by atoms with Crippen molar-refractivity contribution in [2.24, 2.45) is 0 Å². The predicted octanol–water partition coefficient (Wildman–Crippen LogP) is 1.83. The van der Waals surface area contributed by atoms with Crippen LogP contribution in [0.4, 0.5) is 23.1 Å². The van der Waals surface area contributed by atoms with Gasteiger partial charge in [-0.3, -0.25) is 0 Å². The highest BCUT2D eigenvalue weighted by molar-refractivity contribution is 5.85. The van der Waals surface area contributed by atoms with Crippen molar-refractivity contribution in [1.82, 2.24) is 9.97 Å². The van der Waals surface area contributed by atoms with Gasteiger partial charge in [0.1, 0.15) is 17.5 Å². The van der Waals surface area contributed by atoms with Gasteiger partial charge in [-0.1, -0.05) is 6.07 Å². The van der Waals surface area contributed by atoms with Crippen LogP contribution in [-0.4, -0.2) is 24.1 Å². The average molecular weight is 283 g/mol. The Kier molecular flexibility index (Phi) is 7.79. The van der Waals surface area contributed by atoms with E-state index < -0.39 is 0 Å². The van der Waals surface area contributed by atoms with Gasteiger partial charge in [0.25, 0.3) is 0 Å². The molecule has 0 aliphatic heterocycles. The first kappa shape index (κ1) is 16.8. The van der Waals surface area contributed by atoms with E-state index in [0.717, 1.165) is 11.5 Å². The summed E-state index contributed by atoms with van der Waals surface area (Å²) >= 11 is 0. The van der Waals surface area contributed by atoms with E-state index in [-0.39, 0.29) is 12.4 Å². The van der Waals surface area contributed by atoms with E-state index in [9.17, 15) is 0 Å². The van der Waals surface area contributed by atoms with E-state index in [1.807, 2.05) is 25.2 Å². The highest BCUT2D eigenvalue weighted by Crippen LogP contribution is 2.14. The first-order valence-electron chi connectivity index (χ1n) is 5.45. The standard InChI is InChI=1S/C7H12N4.C5H6N2.ClH/c1-9-5-3-6(8)11-7(4-5)10-2;6-5-3-1-2-4-7-5;/h3-4H,1-2H3,(H4,8,9,10,11);1-4H,(H2,6,7);1H. The zero-order chi connectivity index (χ0) is 13.4. The molecule has 2 heterocycles. The maximum absolute atomic E-state index is 5.52. The molecule has 6 nitrogen and oxygen atoms in total. The summed E-state index contributed by atoms with van der Waals surface area (Å²) in [4.78, 5) is 7.78. The monoisotopic (exact) mass is 282 g/mol. The largest absolute Gasteiger partial charge is 0.388 e. The Morgan fingerprint density at radius 1 is 1.00 bits per heavy atom. The van der Waals surface area contributed by atoms with Gasteiger partial charge in [-0.2, -0.15) is 0 Å². The molecule has 0 aromatic carbocycles. The molecule has 0 amide bonds. The van der Waals surface area contributed by atoms with Crippen molar-refractivity contribution >= 4 is 35.5 Å². The van der Waals surface area contributed by atoms with Crippen LogP contribution in [0.3, 0.4) is 0 Å². The summed E-state index contributed by atoms with van der Waals surface area (Å²) in [6.07, 6.45) is 1.66. The zero-order valence-electron chi connectivity index (χ0n) is 10.9. The molecule has 6 N–H and O–H groups in total. The number of anilines is 4. The number of nitrogens with two attached hydrogens (primary N) is 2. The van der Waals surface area contributed by atoms with Gasteiger partial charge in [-0.25, -0.2) is 9.97 Å². The van der Waals surface area contributed by atoms with E-state index in [2.05, 4.69) is 20.6 Å². The molecule has 19 heavy (non-hydrogen) atoms. The minimum Gasteiger partial charge on any atom is -0.388 e. The van der Waals surface area contributed by atoms with Gasteiger partial charge in [0.2, 0.25) is 0 Å². The fourth-order valence-corrected chi connectivity index (χ4v) is 1.20. The number of aromatic nitrogens is 2. The Labute approximate surface area is 119 Å². The van der Waals surface area contributed by atoms with Crippen LogP contribution in [0.1, 0.15) is 0 Å². The minimum absolute atomic E-state index is 0. The molecule has 0 aliphatic rings. The SMILES string of the molecule is CNc1cc(N)nc(NC)c1.Cl.Nc1ccccn1. The summed E-state index contributed by atoms with van der Waals surface area (Å²) in [5, 5.41) is 5.89. The first-order chi connectivity index (χ1) is 8.65. The van der Waals surface area contributed by atoms with Crippen LogP contribution in [0.25, 0.3) is 0 Å². The second-order valence-corrected chi connectivity index (χ2v) is 3.42. The maximum Gasteiger partial charge on any atom is 0.130 e. The van der Waals surface area contributed by atoms with Crippen LogP contribution in [0.5, 0.6) is 0 Å². The number of nitrogen functional groups attached to an aromatic ring is 2. The number of hydrogen-bond donors (Lipinski definition) is 4. The molecule has 0 saturated heterocycles. The topological polar surface area (TPSA) is 102 Å². The van der Waals surface area contributed by atoms with Crippen molar-refractivity contribution in [3.63, 3.8) is 0 Å². The van der Waals surface area contributed by atoms with Crippen molar-refractivity contribution < 1.29 is 0 Å². The van der Waals surface area contributed by atoms with Gasteiger partial charge < -0.3 is 22.1 Å². The van der Waals surface area contributed by atoms with Gasteiger partial charge in [0.15, 0.2) is 0 Å². The van der Waals surface area contributed by atoms with E-state index in [0.29, 0.717) is 11.6 Å². The molecule has 0 saturated carbocycles. The van der Waals surface area contributed by atoms with Crippen LogP contribution >= 0.6 is 12.4 Å². The third-order valence-corrected chi connectivity index (χ3v) is 2.08. The molecule has 0 atom stereocenters. The van der Waals surface area contributed by atoms with Crippen molar-refractivity contribution in [3.05, 3.63) is 36.5 Å². The van der Waals surface area contributed by atoms with Gasteiger partial charge in [-0.15, -0.1) is 12.4 Å². The van der Waals surface area contributed by atoms with E-state index in [1.165, 1.54) is 0 Å². The summed E-state index contributed by atoms with van der Waals surface area (Å²) in [5.41, 5.74) is 11.7. The van der Waals surface area contributed by atoms with Crippen LogP contribution in [0, 0.1) is 0 Å². The highest BCUT2D eigenvalue weighted by atomic mass is 35.5. The summed E-state index contributed by atoms with van der Waals surface area (Å²) in [6, 6.07) is 9.09.